The molecule has 4 atom stereocenters. The van der Waals surface area contributed by atoms with Crippen molar-refractivity contribution in [3.8, 4) is 21.7 Å². The summed E-state index contributed by atoms with van der Waals surface area (Å²) in [6.07, 6.45) is 0. The molecular formula is C36H30P2. The number of hydrogen-bond acceptors (Lipinski definition) is 0. The Morgan fingerprint density at radius 1 is 0.421 bits per heavy atom. The maximum Gasteiger partial charge on any atom is 0.0522 e. The van der Waals surface area contributed by atoms with E-state index < -0.39 is 15.1 Å². The van der Waals surface area contributed by atoms with E-state index in [1.807, 2.05) is 0 Å². The average Bonchev–Trinajstić information content (AvgIpc) is 3.51. The Kier molecular flexibility index (Phi) is 5.97. The summed E-state index contributed by atoms with van der Waals surface area (Å²) in [7, 11) is -1.16. The van der Waals surface area contributed by atoms with Crippen LogP contribution < -0.4 is 0 Å². The van der Waals surface area contributed by atoms with Crippen LogP contribution in [0.3, 0.4) is 0 Å². The molecule has 0 saturated carbocycles. The Hall–Kier alpha value is -3.56. The molecule has 0 fully saturated rings. The standard InChI is InChI=1S/C36H30P2/c1-25-23-31(27-15-7-3-8-16-27)37-33(25)35(29-19-11-5-12-20-29)38-32(28-17-9-4-10-18-28)24-26(2)34(38)36(37)30-21-13-6-14-22-30/h3-24,35-36H,1-2H3. The molecule has 0 nitrogen and oxygen atoms in total. The van der Waals surface area contributed by atoms with Crippen LogP contribution in [0.1, 0.15) is 44.2 Å². The molecule has 3 heterocycles. The zero-order chi connectivity index (χ0) is 25.6. The number of benzene rings is 4. The highest BCUT2D eigenvalue weighted by molar-refractivity contribution is 7.63. The van der Waals surface area contributed by atoms with Gasteiger partial charge in [-0.3, -0.25) is 0 Å². The molecule has 1 aliphatic heterocycles. The van der Waals surface area contributed by atoms with E-state index in [9.17, 15) is 0 Å². The topological polar surface area (TPSA) is 0 Å². The summed E-state index contributed by atoms with van der Waals surface area (Å²) in [5.74, 6) is 0. The molecule has 0 radical (unpaired) electrons. The molecule has 4 unspecified atom stereocenters. The van der Waals surface area contributed by atoms with Crippen molar-refractivity contribution in [3.05, 3.63) is 166 Å². The lowest BCUT2D eigenvalue weighted by Crippen LogP contribution is -2.07. The van der Waals surface area contributed by atoms with Crippen molar-refractivity contribution in [3.63, 3.8) is 0 Å². The molecule has 6 aromatic rings. The summed E-state index contributed by atoms with van der Waals surface area (Å²) in [5.41, 5.74) is 9.42. The molecule has 0 aliphatic carbocycles. The number of hydrogen-bond donors (Lipinski definition) is 0. The minimum Gasteiger partial charge on any atom is -0.0994 e. The van der Waals surface area contributed by atoms with Crippen LogP contribution in [-0.2, 0) is 0 Å². The van der Waals surface area contributed by atoms with Crippen LogP contribution in [0, 0.1) is 13.8 Å². The quantitative estimate of drug-likeness (QED) is 0.215. The van der Waals surface area contributed by atoms with Crippen LogP contribution >= 0.6 is 15.1 Å². The zero-order valence-corrected chi connectivity index (χ0v) is 23.5. The van der Waals surface area contributed by atoms with E-state index in [1.54, 1.807) is 10.6 Å². The predicted octanol–water partition coefficient (Wildman–Crippen LogP) is 11.2. The average molecular weight is 525 g/mol. The summed E-state index contributed by atoms with van der Waals surface area (Å²) in [6, 6.07) is 50.0. The molecule has 0 spiro atoms. The molecule has 0 bridgehead atoms. The Bertz CT molecular complexity index is 1580. The van der Waals surface area contributed by atoms with Crippen molar-refractivity contribution in [1.29, 1.82) is 0 Å². The first kappa shape index (κ1) is 23.5. The summed E-state index contributed by atoms with van der Waals surface area (Å²) >= 11 is 0. The van der Waals surface area contributed by atoms with Gasteiger partial charge in [-0.25, -0.2) is 0 Å². The van der Waals surface area contributed by atoms with Gasteiger partial charge in [0.05, 0.1) is 11.3 Å². The Morgan fingerprint density at radius 2 is 0.737 bits per heavy atom. The van der Waals surface area contributed by atoms with Gasteiger partial charge in [-0.2, -0.15) is 0 Å². The van der Waals surface area contributed by atoms with Gasteiger partial charge >= 0.3 is 0 Å². The molecule has 1 aliphatic rings. The summed E-state index contributed by atoms with van der Waals surface area (Å²) < 4.78 is 0. The fourth-order valence-corrected chi connectivity index (χ4v) is 14.5. The minimum absolute atomic E-state index is 0.397. The molecule has 2 heteroatoms. The first-order valence-corrected chi connectivity index (χ1v) is 16.2. The molecule has 0 saturated heterocycles. The lowest BCUT2D eigenvalue weighted by Gasteiger charge is -2.35. The smallest absolute Gasteiger partial charge is 0.0522 e. The second-order valence-corrected chi connectivity index (χ2v) is 14.7. The largest absolute Gasteiger partial charge is 0.0994 e. The van der Waals surface area contributed by atoms with E-state index in [4.69, 9.17) is 0 Å². The highest BCUT2D eigenvalue weighted by atomic mass is 31.1. The molecule has 0 N–H and O–H groups in total. The van der Waals surface area contributed by atoms with E-state index >= 15 is 0 Å². The molecule has 7 rings (SSSR count). The number of fused-ring (bicyclic) bond motifs is 2. The Balaban J connectivity index is 1.62. The summed E-state index contributed by atoms with van der Waals surface area (Å²) in [5, 5.41) is 6.44. The highest BCUT2D eigenvalue weighted by Crippen LogP contribution is 2.76. The first-order valence-electron chi connectivity index (χ1n) is 13.4. The number of rotatable bonds is 4. The van der Waals surface area contributed by atoms with Crippen molar-refractivity contribution in [2.45, 2.75) is 25.2 Å². The van der Waals surface area contributed by atoms with E-state index in [2.05, 4.69) is 147 Å². The van der Waals surface area contributed by atoms with Crippen molar-refractivity contribution in [2.75, 3.05) is 0 Å². The van der Waals surface area contributed by atoms with Crippen LogP contribution in [0.5, 0.6) is 0 Å². The van der Waals surface area contributed by atoms with Gasteiger partial charge in [0.2, 0.25) is 0 Å². The van der Waals surface area contributed by atoms with Crippen LogP contribution in [0.15, 0.2) is 133 Å². The Morgan fingerprint density at radius 3 is 1.08 bits per heavy atom. The van der Waals surface area contributed by atoms with E-state index in [1.165, 1.54) is 44.0 Å². The Labute approximate surface area is 227 Å². The number of aryl methyl sites for hydroxylation is 2. The molecule has 0 amide bonds. The zero-order valence-electron chi connectivity index (χ0n) is 21.8. The van der Waals surface area contributed by atoms with Gasteiger partial charge in [0.1, 0.15) is 0 Å². The summed E-state index contributed by atoms with van der Waals surface area (Å²) in [4.78, 5) is 0. The van der Waals surface area contributed by atoms with Gasteiger partial charge < -0.3 is 0 Å². The van der Waals surface area contributed by atoms with E-state index in [0.717, 1.165) is 0 Å². The van der Waals surface area contributed by atoms with Crippen LogP contribution in [0.25, 0.3) is 21.7 Å². The van der Waals surface area contributed by atoms with Gasteiger partial charge in [-0.05, 0) is 70.0 Å². The highest BCUT2D eigenvalue weighted by Gasteiger charge is 2.40. The normalized spacial score (nSPS) is 17.1. The van der Waals surface area contributed by atoms with Gasteiger partial charge in [-0.1, -0.05) is 136 Å². The van der Waals surface area contributed by atoms with Crippen molar-refractivity contribution in [1.82, 2.24) is 0 Å². The third-order valence-electron chi connectivity index (χ3n) is 7.96. The van der Waals surface area contributed by atoms with E-state index in [-0.39, 0.29) is 0 Å². The maximum atomic E-state index is 2.53. The molecule has 184 valence electrons. The van der Waals surface area contributed by atoms with E-state index in [0.29, 0.717) is 11.3 Å². The lowest BCUT2D eigenvalue weighted by atomic mass is 10.1. The van der Waals surface area contributed by atoms with Gasteiger partial charge in [0.15, 0.2) is 0 Å². The van der Waals surface area contributed by atoms with Crippen LogP contribution in [-0.4, -0.2) is 0 Å². The van der Waals surface area contributed by atoms with Crippen molar-refractivity contribution >= 4 is 15.1 Å². The first-order chi connectivity index (χ1) is 18.7. The molecule has 2 aromatic heterocycles. The van der Waals surface area contributed by atoms with Crippen LogP contribution in [0.2, 0.25) is 0 Å². The van der Waals surface area contributed by atoms with Crippen molar-refractivity contribution in [2.24, 2.45) is 0 Å². The fourth-order valence-electron chi connectivity index (χ4n) is 6.38. The van der Waals surface area contributed by atoms with Crippen molar-refractivity contribution < 1.29 is 0 Å². The summed E-state index contributed by atoms with van der Waals surface area (Å²) in [6.45, 7) is 4.74. The van der Waals surface area contributed by atoms with Gasteiger partial charge in [-0.15, -0.1) is 0 Å². The second-order valence-electron chi connectivity index (χ2n) is 10.3. The predicted molar refractivity (Wildman–Crippen MR) is 166 cm³/mol. The fraction of sp³-hybridized carbons (Fsp3) is 0.111. The monoisotopic (exact) mass is 524 g/mol. The molecule has 38 heavy (non-hydrogen) atoms. The third kappa shape index (κ3) is 3.75. The maximum absolute atomic E-state index is 2.53. The molecule has 4 aromatic carbocycles. The second kappa shape index (κ2) is 9.63. The minimum atomic E-state index is -0.582. The van der Waals surface area contributed by atoms with Crippen LogP contribution in [0.4, 0.5) is 0 Å². The van der Waals surface area contributed by atoms with Gasteiger partial charge in [0.25, 0.3) is 0 Å². The third-order valence-corrected chi connectivity index (χ3v) is 14.6. The van der Waals surface area contributed by atoms with Gasteiger partial charge in [0, 0.05) is 10.6 Å². The SMILES string of the molecule is Cc1cc(-c2ccccc2)p2c1C(c1ccccc1)p1c(-c3ccccc3)cc(C)c1C2c1ccccc1. The molecular weight excluding hydrogens is 494 g/mol. The lowest BCUT2D eigenvalue weighted by molar-refractivity contribution is 1.10.